The van der Waals surface area contributed by atoms with Crippen molar-refractivity contribution in [3.63, 3.8) is 0 Å². The summed E-state index contributed by atoms with van der Waals surface area (Å²) in [4.78, 5) is 14.2. The SMILES string of the molecule is COc1ccc(CNC(=O)CCN2CCC[C@H](O)CC2)cc1. The van der Waals surface area contributed by atoms with Gasteiger partial charge in [-0.15, -0.1) is 0 Å². The molecule has 5 nitrogen and oxygen atoms in total. The van der Waals surface area contributed by atoms with Crippen LogP contribution in [0.5, 0.6) is 5.75 Å². The van der Waals surface area contributed by atoms with Gasteiger partial charge in [0.1, 0.15) is 5.75 Å². The van der Waals surface area contributed by atoms with Gasteiger partial charge >= 0.3 is 0 Å². The number of ether oxygens (including phenoxy) is 1. The zero-order chi connectivity index (χ0) is 15.8. The summed E-state index contributed by atoms with van der Waals surface area (Å²) in [7, 11) is 1.64. The number of carbonyl (C=O) groups is 1. The van der Waals surface area contributed by atoms with Crippen molar-refractivity contribution in [1.29, 1.82) is 0 Å². The van der Waals surface area contributed by atoms with Gasteiger partial charge in [-0.05, 0) is 43.5 Å². The number of rotatable bonds is 6. The van der Waals surface area contributed by atoms with Crippen LogP contribution in [-0.4, -0.2) is 48.8 Å². The van der Waals surface area contributed by atoms with Crippen LogP contribution in [0.4, 0.5) is 0 Å². The van der Waals surface area contributed by atoms with Crippen molar-refractivity contribution in [2.24, 2.45) is 0 Å². The molecule has 1 fully saturated rings. The number of likely N-dealkylation sites (tertiary alicyclic amines) is 1. The van der Waals surface area contributed by atoms with Crippen LogP contribution in [-0.2, 0) is 11.3 Å². The average molecular weight is 306 g/mol. The highest BCUT2D eigenvalue weighted by atomic mass is 16.5. The molecule has 1 heterocycles. The Hall–Kier alpha value is -1.59. The third-order valence-corrected chi connectivity index (χ3v) is 4.09. The molecular weight excluding hydrogens is 280 g/mol. The van der Waals surface area contributed by atoms with E-state index >= 15 is 0 Å². The van der Waals surface area contributed by atoms with Crippen molar-refractivity contribution in [2.75, 3.05) is 26.7 Å². The monoisotopic (exact) mass is 306 g/mol. The molecule has 5 heteroatoms. The summed E-state index contributed by atoms with van der Waals surface area (Å²) < 4.78 is 5.11. The Morgan fingerprint density at radius 2 is 2.09 bits per heavy atom. The second-order valence-electron chi connectivity index (χ2n) is 5.80. The maximum atomic E-state index is 11.9. The molecule has 2 N–H and O–H groups in total. The molecule has 0 bridgehead atoms. The van der Waals surface area contributed by atoms with Crippen LogP contribution in [0.2, 0.25) is 0 Å². The summed E-state index contributed by atoms with van der Waals surface area (Å²) in [5, 5.41) is 12.6. The Balaban J connectivity index is 1.66. The Bertz CT molecular complexity index is 461. The van der Waals surface area contributed by atoms with Gasteiger partial charge in [0, 0.05) is 26.1 Å². The fourth-order valence-corrected chi connectivity index (χ4v) is 2.65. The zero-order valence-electron chi connectivity index (χ0n) is 13.3. The molecule has 1 amide bonds. The number of hydrogen-bond acceptors (Lipinski definition) is 4. The van der Waals surface area contributed by atoms with E-state index in [4.69, 9.17) is 4.74 Å². The van der Waals surface area contributed by atoms with E-state index in [0.29, 0.717) is 13.0 Å². The first-order chi connectivity index (χ1) is 10.7. The summed E-state index contributed by atoms with van der Waals surface area (Å²) in [5.41, 5.74) is 1.06. The summed E-state index contributed by atoms with van der Waals surface area (Å²) in [6, 6.07) is 7.69. The highest BCUT2D eigenvalue weighted by Gasteiger charge is 2.15. The van der Waals surface area contributed by atoms with Crippen molar-refractivity contribution >= 4 is 5.91 Å². The lowest BCUT2D eigenvalue weighted by Gasteiger charge is -2.19. The third kappa shape index (κ3) is 5.66. The lowest BCUT2D eigenvalue weighted by atomic mass is 10.2. The summed E-state index contributed by atoms with van der Waals surface area (Å²) >= 11 is 0. The third-order valence-electron chi connectivity index (χ3n) is 4.09. The number of benzene rings is 1. The van der Waals surface area contributed by atoms with E-state index in [1.165, 1.54) is 0 Å². The van der Waals surface area contributed by atoms with E-state index in [0.717, 1.165) is 50.2 Å². The molecule has 0 saturated carbocycles. The Morgan fingerprint density at radius 1 is 1.32 bits per heavy atom. The average Bonchev–Trinajstić information content (AvgIpc) is 2.76. The predicted octanol–water partition coefficient (Wildman–Crippen LogP) is 1.55. The number of aliphatic hydroxyl groups is 1. The molecule has 1 aromatic carbocycles. The first kappa shape index (κ1) is 16.8. The van der Waals surface area contributed by atoms with Crippen LogP contribution >= 0.6 is 0 Å². The summed E-state index contributed by atoms with van der Waals surface area (Å²) in [5.74, 6) is 0.888. The maximum absolute atomic E-state index is 11.9. The molecule has 1 saturated heterocycles. The Morgan fingerprint density at radius 3 is 2.82 bits per heavy atom. The molecule has 22 heavy (non-hydrogen) atoms. The fraction of sp³-hybridized carbons (Fsp3) is 0.588. The van der Waals surface area contributed by atoms with E-state index < -0.39 is 0 Å². The van der Waals surface area contributed by atoms with E-state index in [1.807, 2.05) is 24.3 Å². The van der Waals surface area contributed by atoms with Gasteiger partial charge in [0.05, 0.1) is 13.2 Å². The molecule has 2 rings (SSSR count). The van der Waals surface area contributed by atoms with Gasteiger partial charge in [0.2, 0.25) is 5.91 Å². The van der Waals surface area contributed by atoms with Crippen LogP contribution < -0.4 is 10.1 Å². The molecule has 1 aromatic rings. The van der Waals surface area contributed by atoms with Crippen LogP contribution in [0.15, 0.2) is 24.3 Å². The maximum Gasteiger partial charge on any atom is 0.221 e. The Kier molecular flexibility index (Phi) is 6.68. The molecule has 0 spiro atoms. The van der Waals surface area contributed by atoms with Crippen LogP contribution in [0.3, 0.4) is 0 Å². The van der Waals surface area contributed by atoms with E-state index in [2.05, 4.69) is 10.2 Å². The molecule has 0 aliphatic carbocycles. The molecular formula is C17H26N2O3. The van der Waals surface area contributed by atoms with Crippen LogP contribution in [0.1, 0.15) is 31.2 Å². The van der Waals surface area contributed by atoms with Gasteiger partial charge in [-0.25, -0.2) is 0 Å². The van der Waals surface area contributed by atoms with Crippen molar-refractivity contribution in [2.45, 2.75) is 38.3 Å². The first-order valence-corrected chi connectivity index (χ1v) is 7.97. The highest BCUT2D eigenvalue weighted by Crippen LogP contribution is 2.12. The van der Waals surface area contributed by atoms with E-state index in [1.54, 1.807) is 7.11 Å². The number of amides is 1. The molecule has 1 aliphatic rings. The van der Waals surface area contributed by atoms with Crippen molar-refractivity contribution in [1.82, 2.24) is 10.2 Å². The van der Waals surface area contributed by atoms with Crippen molar-refractivity contribution in [3.05, 3.63) is 29.8 Å². The van der Waals surface area contributed by atoms with Gasteiger partial charge in [-0.1, -0.05) is 12.1 Å². The van der Waals surface area contributed by atoms with E-state index in [9.17, 15) is 9.90 Å². The number of nitrogens with zero attached hydrogens (tertiary/aromatic N) is 1. The molecule has 0 unspecified atom stereocenters. The molecule has 122 valence electrons. The number of nitrogens with one attached hydrogen (secondary N) is 1. The smallest absolute Gasteiger partial charge is 0.221 e. The Labute approximate surface area is 132 Å². The van der Waals surface area contributed by atoms with Gasteiger partial charge in [-0.2, -0.15) is 0 Å². The highest BCUT2D eigenvalue weighted by molar-refractivity contribution is 5.76. The predicted molar refractivity (Wildman–Crippen MR) is 85.8 cm³/mol. The minimum absolute atomic E-state index is 0.0700. The largest absolute Gasteiger partial charge is 0.497 e. The van der Waals surface area contributed by atoms with E-state index in [-0.39, 0.29) is 12.0 Å². The second-order valence-corrected chi connectivity index (χ2v) is 5.80. The number of hydrogen-bond donors (Lipinski definition) is 2. The molecule has 0 aromatic heterocycles. The molecule has 1 atom stereocenters. The summed E-state index contributed by atoms with van der Waals surface area (Å²) in [6.45, 7) is 3.17. The minimum atomic E-state index is -0.172. The fourth-order valence-electron chi connectivity index (χ4n) is 2.65. The first-order valence-electron chi connectivity index (χ1n) is 7.97. The normalized spacial score (nSPS) is 19.5. The van der Waals surface area contributed by atoms with Crippen LogP contribution in [0.25, 0.3) is 0 Å². The molecule has 0 radical (unpaired) electrons. The van der Waals surface area contributed by atoms with Gasteiger partial charge in [0.15, 0.2) is 0 Å². The van der Waals surface area contributed by atoms with Gasteiger partial charge in [-0.3, -0.25) is 4.79 Å². The van der Waals surface area contributed by atoms with Crippen molar-refractivity contribution in [3.8, 4) is 5.75 Å². The van der Waals surface area contributed by atoms with Gasteiger partial charge < -0.3 is 20.1 Å². The number of carbonyl (C=O) groups excluding carboxylic acids is 1. The lowest BCUT2D eigenvalue weighted by Crippen LogP contribution is -2.31. The standard InChI is InChI=1S/C17H26N2O3/c1-22-16-6-4-14(5-7-16)13-18-17(21)9-12-19-10-2-3-15(20)8-11-19/h4-7,15,20H,2-3,8-13H2,1H3,(H,18,21)/t15-/m0/s1. The number of aliphatic hydroxyl groups excluding tert-OH is 1. The topological polar surface area (TPSA) is 61.8 Å². The summed E-state index contributed by atoms with van der Waals surface area (Å²) in [6.07, 6.45) is 3.03. The van der Waals surface area contributed by atoms with Gasteiger partial charge in [0.25, 0.3) is 0 Å². The zero-order valence-corrected chi connectivity index (χ0v) is 13.3. The quantitative estimate of drug-likeness (QED) is 0.837. The number of methoxy groups -OCH3 is 1. The van der Waals surface area contributed by atoms with Crippen LogP contribution in [0, 0.1) is 0 Å². The second kappa shape index (κ2) is 8.76. The lowest BCUT2D eigenvalue weighted by molar-refractivity contribution is -0.121. The van der Waals surface area contributed by atoms with Crippen molar-refractivity contribution < 1.29 is 14.6 Å². The minimum Gasteiger partial charge on any atom is -0.497 e. The molecule has 1 aliphatic heterocycles.